The summed E-state index contributed by atoms with van der Waals surface area (Å²) in [5.74, 6) is -0.202. The summed E-state index contributed by atoms with van der Waals surface area (Å²) in [6.45, 7) is 6.43. The van der Waals surface area contributed by atoms with Gasteiger partial charge in [-0.05, 0) is 43.9 Å². The lowest BCUT2D eigenvalue weighted by atomic mass is 10.0. The van der Waals surface area contributed by atoms with Crippen LogP contribution < -0.4 is 21.7 Å². The van der Waals surface area contributed by atoms with Gasteiger partial charge in [0.1, 0.15) is 0 Å². The van der Waals surface area contributed by atoms with Crippen molar-refractivity contribution in [3.05, 3.63) is 29.8 Å². The van der Waals surface area contributed by atoms with E-state index in [1.807, 2.05) is 6.92 Å². The minimum atomic E-state index is -0.473. The van der Waals surface area contributed by atoms with Gasteiger partial charge in [-0.3, -0.25) is 9.59 Å². The highest BCUT2D eigenvalue weighted by atomic mass is 16.2. The van der Waals surface area contributed by atoms with Crippen molar-refractivity contribution in [2.45, 2.75) is 46.1 Å². The first kappa shape index (κ1) is 20.5. The summed E-state index contributed by atoms with van der Waals surface area (Å²) >= 11 is 0. The van der Waals surface area contributed by atoms with E-state index >= 15 is 0 Å². The standard InChI is InChI=1S/C18H28N4O3/c1-12(2)7-8-13(3)21-18(25)22-15-6-4-5-14(11-15)17(24)20-10-9-16(19)23/h4-6,11-13H,7-10H2,1-3H3,(H2,19,23)(H,20,24)(H2,21,22,25). The number of anilines is 1. The normalized spacial score (nSPS) is 11.7. The average Bonchev–Trinajstić information content (AvgIpc) is 2.52. The fourth-order valence-electron chi connectivity index (χ4n) is 2.19. The summed E-state index contributed by atoms with van der Waals surface area (Å²) in [5, 5.41) is 8.21. The maximum Gasteiger partial charge on any atom is 0.319 e. The van der Waals surface area contributed by atoms with Gasteiger partial charge in [0.05, 0.1) is 0 Å². The molecule has 0 aliphatic carbocycles. The molecule has 0 fully saturated rings. The highest BCUT2D eigenvalue weighted by molar-refractivity contribution is 5.97. The Bertz CT molecular complexity index is 602. The van der Waals surface area contributed by atoms with Crippen LogP contribution in [0, 0.1) is 5.92 Å². The minimum absolute atomic E-state index is 0.0719. The van der Waals surface area contributed by atoms with Crippen LogP contribution in [-0.4, -0.2) is 30.4 Å². The van der Waals surface area contributed by atoms with Crippen molar-refractivity contribution < 1.29 is 14.4 Å². The number of urea groups is 1. The van der Waals surface area contributed by atoms with Gasteiger partial charge >= 0.3 is 6.03 Å². The van der Waals surface area contributed by atoms with E-state index in [2.05, 4.69) is 29.8 Å². The molecule has 0 spiro atoms. The Kier molecular flexibility index (Phi) is 8.46. The predicted molar refractivity (Wildman–Crippen MR) is 98.3 cm³/mol. The van der Waals surface area contributed by atoms with Crippen LogP contribution in [0.1, 0.15) is 50.4 Å². The number of nitrogens with two attached hydrogens (primary N) is 1. The first-order chi connectivity index (χ1) is 11.8. The molecule has 138 valence electrons. The number of rotatable bonds is 9. The van der Waals surface area contributed by atoms with Crippen molar-refractivity contribution >= 4 is 23.5 Å². The molecular formula is C18H28N4O3. The van der Waals surface area contributed by atoms with E-state index in [4.69, 9.17) is 5.73 Å². The van der Waals surface area contributed by atoms with Gasteiger partial charge in [-0.15, -0.1) is 0 Å². The topological polar surface area (TPSA) is 113 Å². The molecule has 1 atom stereocenters. The van der Waals surface area contributed by atoms with Crippen molar-refractivity contribution in [1.29, 1.82) is 0 Å². The molecular weight excluding hydrogens is 320 g/mol. The van der Waals surface area contributed by atoms with Gasteiger partial charge in [-0.2, -0.15) is 0 Å². The largest absolute Gasteiger partial charge is 0.370 e. The number of benzene rings is 1. The molecule has 1 aromatic carbocycles. The Morgan fingerprint density at radius 3 is 2.48 bits per heavy atom. The maximum absolute atomic E-state index is 12.0. The van der Waals surface area contributed by atoms with E-state index in [9.17, 15) is 14.4 Å². The van der Waals surface area contributed by atoms with Crippen LogP contribution in [0.2, 0.25) is 0 Å². The summed E-state index contributed by atoms with van der Waals surface area (Å²) in [7, 11) is 0. The van der Waals surface area contributed by atoms with E-state index < -0.39 is 5.91 Å². The molecule has 25 heavy (non-hydrogen) atoms. The zero-order valence-corrected chi connectivity index (χ0v) is 15.1. The highest BCUT2D eigenvalue weighted by Gasteiger charge is 2.10. The Hall–Kier alpha value is -2.57. The van der Waals surface area contributed by atoms with Gasteiger partial charge in [0.15, 0.2) is 0 Å². The van der Waals surface area contributed by atoms with E-state index in [0.717, 1.165) is 12.8 Å². The van der Waals surface area contributed by atoms with Crippen molar-refractivity contribution in [3.8, 4) is 0 Å². The van der Waals surface area contributed by atoms with Crippen LogP contribution >= 0.6 is 0 Å². The van der Waals surface area contributed by atoms with Crippen molar-refractivity contribution in [3.63, 3.8) is 0 Å². The molecule has 5 N–H and O–H groups in total. The summed E-state index contributed by atoms with van der Waals surface area (Å²) in [6, 6.07) is 6.37. The second-order valence-electron chi connectivity index (χ2n) is 6.52. The van der Waals surface area contributed by atoms with E-state index in [1.54, 1.807) is 24.3 Å². The van der Waals surface area contributed by atoms with Crippen LogP contribution in [0.3, 0.4) is 0 Å². The van der Waals surface area contributed by atoms with Crippen LogP contribution in [0.4, 0.5) is 10.5 Å². The monoisotopic (exact) mass is 348 g/mol. The Labute approximate surface area is 148 Å². The number of hydrogen-bond donors (Lipinski definition) is 4. The number of primary amides is 1. The molecule has 7 nitrogen and oxygen atoms in total. The lowest BCUT2D eigenvalue weighted by Crippen LogP contribution is -2.36. The molecule has 0 saturated heterocycles. The van der Waals surface area contributed by atoms with Gasteiger partial charge in [-0.1, -0.05) is 19.9 Å². The van der Waals surface area contributed by atoms with Crippen LogP contribution in [0.25, 0.3) is 0 Å². The molecule has 1 rings (SSSR count). The fourth-order valence-corrected chi connectivity index (χ4v) is 2.19. The molecule has 1 aromatic rings. The smallest absolute Gasteiger partial charge is 0.319 e. The molecule has 0 aliphatic heterocycles. The molecule has 0 saturated carbocycles. The lowest BCUT2D eigenvalue weighted by molar-refractivity contribution is -0.117. The summed E-state index contributed by atoms with van der Waals surface area (Å²) < 4.78 is 0. The second-order valence-corrected chi connectivity index (χ2v) is 6.52. The molecule has 7 heteroatoms. The molecule has 0 aromatic heterocycles. The number of carbonyl (C=O) groups excluding carboxylic acids is 3. The van der Waals surface area contributed by atoms with Crippen LogP contribution in [0.15, 0.2) is 24.3 Å². The first-order valence-corrected chi connectivity index (χ1v) is 8.52. The molecule has 0 heterocycles. The lowest BCUT2D eigenvalue weighted by Gasteiger charge is -2.16. The fraction of sp³-hybridized carbons (Fsp3) is 0.500. The second kappa shape index (κ2) is 10.3. The number of carbonyl (C=O) groups is 3. The zero-order chi connectivity index (χ0) is 18.8. The van der Waals surface area contributed by atoms with E-state index in [-0.39, 0.29) is 30.9 Å². The number of hydrogen-bond acceptors (Lipinski definition) is 3. The van der Waals surface area contributed by atoms with Gasteiger partial charge in [0.25, 0.3) is 5.91 Å². The van der Waals surface area contributed by atoms with E-state index in [0.29, 0.717) is 17.2 Å². The van der Waals surface area contributed by atoms with Gasteiger partial charge in [0, 0.05) is 30.3 Å². The third kappa shape index (κ3) is 8.74. The molecule has 0 radical (unpaired) electrons. The Balaban J connectivity index is 2.52. The van der Waals surface area contributed by atoms with Crippen LogP contribution in [-0.2, 0) is 4.79 Å². The van der Waals surface area contributed by atoms with Crippen molar-refractivity contribution in [2.75, 3.05) is 11.9 Å². The first-order valence-electron chi connectivity index (χ1n) is 8.52. The van der Waals surface area contributed by atoms with E-state index in [1.165, 1.54) is 0 Å². The molecule has 1 unspecified atom stereocenters. The predicted octanol–water partition coefficient (Wildman–Crippen LogP) is 2.24. The average molecular weight is 348 g/mol. The molecule has 4 amide bonds. The third-order valence-electron chi connectivity index (χ3n) is 3.59. The Morgan fingerprint density at radius 1 is 1.12 bits per heavy atom. The SMILES string of the molecule is CC(C)CCC(C)NC(=O)Nc1cccc(C(=O)NCCC(N)=O)c1. The minimum Gasteiger partial charge on any atom is -0.370 e. The quantitative estimate of drug-likeness (QED) is 0.549. The number of nitrogens with one attached hydrogen (secondary N) is 3. The molecule has 0 aliphatic rings. The van der Waals surface area contributed by atoms with Gasteiger partial charge in [0.2, 0.25) is 5.91 Å². The Morgan fingerprint density at radius 2 is 1.84 bits per heavy atom. The van der Waals surface area contributed by atoms with Crippen molar-refractivity contribution in [1.82, 2.24) is 10.6 Å². The van der Waals surface area contributed by atoms with Gasteiger partial charge < -0.3 is 21.7 Å². The summed E-state index contributed by atoms with van der Waals surface area (Å²) in [4.78, 5) is 34.7. The maximum atomic E-state index is 12.0. The number of amides is 4. The zero-order valence-electron chi connectivity index (χ0n) is 15.1. The summed E-state index contributed by atoms with van der Waals surface area (Å²) in [5.41, 5.74) is 5.95. The van der Waals surface area contributed by atoms with Crippen molar-refractivity contribution in [2.24, 2.45) is 11.7 Å². The van der Waals surface area contributed by atoms with Crippen LogP contribution in [0.5, 0.6) is 0 Å². The highest BCUT2D eigenvalue weighted by Crippen LogP contribution is 2.11. The summed E-state index contributed by atoms with van der Waals surface area (Å²) in [6.07, 6.45) is 2.04. The van der Waals surface area contributed by atoms with Gasteiger partial charge in [-0.25, -0.2) is 4.79 Å². The third-order valence-corrected chi connectivity index (χ3v) is 3.59. The molecule has 0 bridgehead atoms.